The molecule has 3 aromatic rings. The summed E-state index contributed by atoms with van der Waals surface area (Å²) in [5.74, 6) is -0.829. The van der Waals surface area contributed by atoms with E-state index in [4.69, 9.17) is 0 Å². The summed E-state index contributed by atoms with van der Waals surface area (Å²) in [7, 11) is 0. The van der Waals surface area contributed by atoms with Crippen LogP contribution in [0, 0.1) is 17.1 Å². The second-order valence-corrected chi connectivity index (χ2v) is 8.55. The van der Waals surface area contributed by atoms with Gasteiger partial charge >= 0.3 is 0 Å². The molecule has 1 heterocycles. The number of carbonyl (C=O) groups excluding carboxylic acids is 1. The highest BCUT2D eigenvalue weighted by molar-refractivity contribution is 8.00. The van der Waals surface area contributed by atoms with Crippen molar-refractivity contribution < 1.29 is 9.18 Å². The van der Waals surface area contributed by atoms with Crippen molar-refractivity contribution in [3.63, 3.8) is 0 Å². The molecule has 0 aliphatic heterocycles. The molecule has 1 aromatic heterocycles. The molecule has 0 unspecified atom stereocenters. The number of thiazole rings is 1. The Morgan fingerprint density at radius 3 is 2.66 bits per heavy atom. The van der Waals surface area contributed by atoms with Crippen molar-refractivity contribution in [2.24, 2.45) is 0 Å². The summed E-state index contributed by atoms with van der Waals surface area (Å²) in [4.78, 5) is 16.8. The fourth-order valence-electron chi connectivity index (χ4n) is 2.49. The van der Waals surface area contributed by atoms with Crippen LogP contribution in [-0.2, 0) is 12.0 Å². The van der Waals surface area contributed by atoms with E-state index in [0.717, 1.165) is 23.1 Å². The van der Waals surface area contributed by atoms with Crippen molar-refractivity contribution in [3.8, 4) is 6.07 Å². The molecule has 0 spiro atoms. The first-order valence-corrected chi connectivity index (χ1v) is 10.5. The van der Waals surface area contributed by atoms with Crippen molar-refractivity contribution in [2.45, 2.75) is 30.7 Å². The van der Waals surface area contributed by atoms with Crippen molar-refractivity contribution in [1.82, 2.24) is 10.3 Å². The molecule has 1 amide bonds. The lowest BCUT2D eigenvalue weighted by molar-refractivity contribution is 0.0950. The summed E-state index contributed by atoms with van der Waals surface area (Å²) >= 11 is 2.53. The van der Waals surface area contributed by atoms with Crippen molar-refractivity contribution in [2.75, 3.05) is 4.72 Å². The maximum atomic E-state index is 14.3. The average molecular weight is 427 g/mol. The van der Waals surface area contributed by atoms with E-state index in [9.17, 15) is 14.4 Å². The summed E-state index contributed by atoms with van der Waals surface area (Å²) in [5, 5.41) is 14.5. The first kappa shape index (κ1) is 20.8. The first-order valence-electron chi connectivity index (χ1n) is 8.80. The Labute approximate surface area is 177 Å². The molecule has 0 aliphatic carbocycles. The van der Waals surface area contributed by atoms with Gasteiger partial charge in [0, 0.05) is 23.7 Å². The van der Waals surface area contributed by atoms with Gasteiger partial charge in [-0.3, -0.25) is 4.79 Å². The van der Waals surface area contributed by atoms with Crippen molar-refractivity contribution >= 4 is 34.3 Å². The van der Waals surface area contributed by atoms with Gasteiger partial charge in [-0.1, -0.05) is 24.3 Å². The largest absolute Gasteiger partial charge is 0.348 e. The van der Waals surface area contributed by atoms with Gasteiger partial charge in [0.2, 0.25) is 0 Å². The second kappa shape index (κ2) is 9.07. The third-order valence-corrected chi connectivity index (χ3v) is 5.95. The van der Waals surface area contributed by atoms with E-state index < -0.39 is 11.2 Å². The van der Waals surface area contributed by atoms with E-state index in [-0.39, 0.29) is 11.5 Å². The maximum Gasteiger partial charge on any atom is 0.251 e. The van der Waals surface area contributed by atoms with Crippen LogP contribution in [0.25, 0.3) is 0 Å². The molecule has 148 valence electrons. The van der Waals surface area contributed by atoms with E-state index >= 15 is 0 Å². The number of nitrogens with zero attached hydrogens (tertiary/aromatic N) is 2. The fraction of sp³-hybridized carbons (Fsp3) is 0.190. The zero-order valence-corrected chi connectivity index (χ0v) is 17.5. The van der Waals surface area contributed by atoms with Crippen LogP contribution < -0.4 is 10.0 Å². The standard InChI is InChI=1S/C21H19FN4OS2/c1-21(2,13-23)16-6-3-14(4-7-16)12-25-19(27)15-5-8-18(17(22)11-15)29-26-20-24-9-10-28-20/h3-11H,12H2,1-2H3,(H,24,26)(H,25,27). The lowest BCUT2D eigenvalue weighted by Crippen LogP contribution is -2.23. The highest BCUT2D eigenvalue weighted by Gasteiger charge is 2.19. The number of hydrogen-bond donors (Lipinski definition) is 2. The number of aromatic nitrogens is 1. The summed E-state index contributed by atoms with van der Waals surface area (Å²) < 4.78 is 17.3. The average Bonchev–Trinajstić information content (AvgIpc) is 3.25. The lowest BCUT2D eigenvalue weighted by atomic mass is 9.86. The number of nitrogens with one attached hydrogen (secondary N) is 2. The van der Waals surface area contributed by atoms with Crippen LogP contribution in [0.1, 0.15) is 35.3 Å². The van der Waals surface area contributed by atoms with Crippen LogP contribution in [0.2, 0.25) is 0 Å². The molecule has 0 saturated carbocycles. The minimum Gasteiger partial charge on any atom is -0.348 e. The zero-order valence-electron chi connectivity index (χ0n) is 15.9. The quantitative estimate of drug-likeness (QED) is 0.512. The molecule has 0 saturated heterocycles. The Morgan fingerprint density at radius 1 is 1.28 bits per heavy atom. The smallest absolute Gasteiger partial charge is 0.251 e. The number of rotatable bonds is 7. The Morgan fingerprint density at radius 2 is 2.03 bits per heavy atom. The van der Waals surface area contributed by atoms with Gasteiger partial charge in [0.15, 0.2) is 5.13 Å². The van der Waals surface area contributed by atoms with Crippen LogP contribution in [0.15, 0.2) is 58.9 Å². The van der Waals surface area contributed by atoms with Gasteiger partial charge < -0.3 is 10.0 Å². The van der Waals surface area contributed by atoms with Crippen LogP contribution >= 0.6 is 23.3 Å². The number of anilines is 1. The molecule has 8 heteroatoms. The van der Waals surface area contributed by atoms with E-state index in [0.29, 0.717) is 16.6 Å². The molecule has 0 bridgehead atoms. The number of benzene rings is 2. The van der Waals surface area contributed by atoms with Gasteiger partial charge in [-0.15, -0.1) is 11.3 Å². The van der Waals surface area contributed by atoms with Gasteiger partial charge in [-0.25, -0.2) is 9.37 Å². The Balaban J connectivity index is 1.58. The normalized spacial score (nSPS) is 11.0. The number of halogens is 1. The van der Waals surface area contributed by atoms with E-state index in [1.807, 2.05) is 43.5 Å². The monoisotopic (exact) mass is 426 g/mol. The van der Waals surface area contributed by atoms with E-state index in [1.54, 1.807) is 18.3 Å². The summed E-state index contributed by atoms with van der Waals surface area (Å²) in [6, 6.07) is 14.1. The third-order valence-electron chi connectivity index (χ3n) is 4.28. The molecular formula is C21H19FN4OS2. The molecule has 2 N–H and O–H groups in total. The molecule has 2 aromatic carbocycles. The Hall–Kier alpha value is -2.89. The van der Waals surface area contributed by atoms with Crippen molar-refractivity contribution in [1.29, 1.82) is 5.26 Å². The molecule has 0 aliphatic rings. The summed E-state index contributed by atoms with van der Waals surface area (Å²) in [6.07, 6.45) is 1.66. The first-order chi connectivity index (χ1) is 13.9. The Kier molecular flexibility index (Phi) is 6.52. The van der Waals surface area contributed by atoms with Gasteiger partial charge in [0.25, 0.3) is 5.91 Å². The highest BCUT2D eigenvalue weighted by atomic mass is 32.2. The molecule has 5 nitrogen and oxygen atoms in total. The number of amides is 1. The maximum absolute atomic E-state index is 14.3. The molecule has 3 rings (SSSR count). The van der Waals surface area contributed by atoms with E-state index in [1.165, 1.54) is 17.4 Å². The molecular weight excluding hydrogens is 407 g/mol. The van der Waals surface area contributed by atoms with Crippen LogP contribution in [0.4, 0.5) is 9.52 Å². The van der Waals surface area contributed by atoms with Crippen LogP contribution in [-0.4, -0.2) is 10.9 Å². The highest BCUT2D eigenvalue weighted by Crippen LogP contribution is 2.26. The zero-order chi connectivity index (χ0) is 20.9. The van der Waals surface area contributed by atoms with Crippen molar-refractivity contribution in [3.05, 3.63) is 76.5 Å². The second-order valence-electron chi connectivity index (χ2n) is 6.80. The van der Waals surface area contributed by atoms with Gasteiger partial charge in [0.05, 0.1) is 16.4 Å². The van der Waals surface area contributed by atoms with Crippen LogP contribution in [0.3, 0.4) is 0 Å². The SMILES string of the molecule is CC(C)(C#N)c1ccc(CNC(=O)c2ccc(SNc3nccs3)c(F)c2)cc1. The summed E-state index contributed by atoms with van der Waals surface area (Å²) in [5.41, 5.74) is 1.50. The van der Waals surface area contributed by atoms with Gasteiger partial charge in [-0.2, -0.15) is 5.26 Å². The third kappa shape index (κ3) is 5.34. The predicted octanol–water partition coefficient (Wildman–Crippen LogP) is 5.13. The van der Waals surface area contributed by atoms with Gasteiger partial charge in [0.1, 0.15) is 5.82 Å². The van der Waals surface area contributed by atoms with Crippen LogP contribution in [0.5, 0.6) is 0 Å². The minimum atomic E-state index is -0.562. The fourth-order valence-corrected chi connectivity index (χ4v) is 3.72. The molecule has 0 atom stereocenters. The Bertz CT molecular complexity index is 1030. The minimum absolute atomic E-state index is 0.253. The predicted molar refractivity (Wildman–Crippen MR) is 114 cm³/mol. The van der Waals surface area contributed by atoms with Gasteiger partial charge in [-0.05, 0) is 55.1 Å². The number of carbonyl (C=O) groups is 1. The lowest BCUT2D eigenvalue weighted by Gasteiger charge is -2.16. The number of hydrogen-bond acceptors (Lipinski definition) is 6. The van der Waals surface area contributed by atoms with E-state index in [2.05, 4.69) is 21.1 Å². The molecule has 0 radical (unpaired) electrons. The number of nitriles is 1. The molecule has 0 fully saturated rings. The molecule has 29 heavy (non-hydrogen) atoms. The topological polar surface area (TPSA) is 77.8 Å². The summed E-state index contributed by atoms with van der Waals surface area (Å²) in [6.45, 7) is 4.02.